The zero-order valence-electron chi connectivity index (χ0n) is 18.1. The molecule has 1 aliphatic heterocycles. The van der Waals surface area contributed by atoms with Crippen LogP contribution in [0.3, 0.4) is 0 Å². The Hall–Kier alpha value is -2.82. The van der Waals surface area contributed by atoms with Crippen LogP contribution in [-0.4, -0.2) is 42.0 Å². The molecule has 4 rings (SSSR count). The highest BCUT2D eigenvalue weighted by molar-refractivity contribution is 5.87. The minimum absolute atomic E-state index is 0.0527. The molecule has 0 atom stereocenters. The van der Waals surface area contributed by atoms with E-state index in [4.69, 9.17) is 0 Å². The van der Waals surface area contributed by atoms with Crippen LogP contribution in [-0.2, 0) is 4.79 Å². The molecule has 5 nitrogen and oxygen atoms in total. The first kappa shape index (κ1) is 21.4. The Balaban J connectivity index is 1.34. The number of urea groups is 1. The molecule has 0 spiro atoms. The van der Waals surface area contributed by atoms with Crippen molar-refractivity contribution in [1.82, 2.24) is 15.5 Å². The van der Waals surface area contributed by atoms with Crippen molar-refractivity contribution in [1.29, 1.82) is 0 Å². The van der Waals surface area contributed by atoms with Crippen molar-refractivity contribution in [3.63, 3.8) is 0 Å². The van der Waals surface area contributed by atoms with Crippen LogP contribution in [0, 0.1) is 0 Å². The molecule has 3 amide bonds. The van der Waals surface area contributed by atoms with Crippen molar-refractivity contribution in [3.05, 3.63) is 71.8 Å². The number of likely N-dealkylation sites (tertiary alicyclic amines) is 1. The Morgan fingerprint density at radius 3 is 1.71 bits per heavy atom. The second kappa shape index (κ2) is 10.5. The molecule has 1 heterocycles. The summed E-state index contributed by atoms with van der Waals surface area (Å²) in [6.07, 6.45) is 7.44. The van der Waals surface area contributed by atoms with Crippen LogP contribution >= 0.6 is 0 Å². The van der Waals surface area contributed by atoms with Gasteiger partial charge in [0.05, 0.1) is 5.92 Å². The third kappa shape index (κ3) is 5.66. The number of hydrogen-bond acceptors (Lipinski definition) is 2. The topological polar surface area (TPSA) is 61.4 Å². The number of piperidine rings is 1. The summed E-state index contributed by atoms with van der Waals surface area (Å²) in [5.74, 6) is -0.149. The van der Waals surface area contributed by atoms with Crippen LogP contribution < -0.4 is 10.6 Å². The van der Waals surface area contributed by atoms with E-state index in [-0.39, 0.29) is 23.9 Å². The fourth-order valence-corrected chi connectivity index (χ4v) is 4.85. The van der Waals surface area contributed by atoms with E-state index in [9.17, 15) is 9.59 Å². The number of nitrogens with one attached hydrogen (secondary N) is 2. The molecule has 1 saturated heterocycles. The third-order valence-electron chi connectivity index (χ3n) is 6.60. The molecule has 2 aromatic carbocycles. The van der Waals surface area contributed by atoms with Crippen molar-refractivity contribution >= 4 is 11.9 Å². The zero-order chi connectivity index (χ0) is 21.5. The summed E-state index contributed by atoms with van der Waals surface area (Å²) in [7, 11) is 0. The molecule has 2 N–H and O–H groups in total. The van der Waals surface area contributed by atoms with Crippen LogP contribution in [0.4, 0.5) is 4.79 Å². The van der Waals surface area contributed by atoms with Crippen LogP contribution in [0.1, 0.15) is 62.0 Å². The summed E-state index contributed by atoms with van der Waals surface area (Å²) in [5.41, 5.74) is 2.04. The first-order chi connectivity index (χ1) is 15.2. The van der Waals surface area contributed by atoms with Gasteiger partial charge in [-0.2, -0.15) is 0 Å². The van der Waals surface area contributed by atoms with Gasteiger partial charge in [-0.05, 0) is 36.8 Å². The Kier molecular flexibility index (Phi) is 7.23. The van der Waals surface area contributed by atoms with Crippen molar-refractivity contribution < 1.29 is 9.59 Å². The van der Waals surface area contributed by atoms with Crippen LogP contribution in [0.5, 0.6) is 0 Å². The van der Waals surface area contributed by atoms with E-state index in [1.807, 2.05) is 65.6 Å². The van der Waals surface area contributed by atoms with Gasteiger partial charge in [0.2, 0.25) is 5.91 Å². The number of rotatable bonds is 5. The van der Waals surface area contributed by atoms with Gasteiger partial charge < -0.3 is 15.5 Å². The Bertz CT molecular complexity index is 802. The Morgan fingerprint density at radius 2 is 1.19 bits per heavy atom. The lowest BCUT2D eigenvalue weighted by Crippen LogP contribution is -2.51. The summed E-state index contributed by atoms with van der Waals surface area (Å²) >= 11 is 0. The summed E-state index contributed by atoms with van der Waals surface area (Å²) in [6.45, 7) is 1.34. The van der Waals surface area contributed by atoms with E-state index >= 15 is 0 Å². The minimum atomic E-state index is -0.290. The maximum Gasteiger partial charge on any atom is 0.315 e. The molecular weight excluding hydrogens is 386 g/mol. The van der Waals surface area contributed by atoms with Gasteiger partial charge in [-0.1, -0.05) is 79.9 Å². The molecule has 2 aromatic rings. The molecular formula is C26H33N3O2. The third-order valence-corrected chi connectivity index (χ3v) is 6.60. The van der Waals surface area contributed by atoms with E-state index in [1.54, 1.807) is 0 Å². The number of benzene rings is 2. The highest BCUT2D eigenvalue weighted by atomic mass is 16.2. The van der Waals surface area contributed by atoms with E-state index in [1.165, 1.54) is 19.3 Å². The predicted molar refractivity (Wildman–Crippen MR) is 123 cm³/mol. The van der Waals surface area contributed by atoms with E-state index < -0.39 is 0 Å². The summed E-state index contributed by atoms with van der Waals surface area (Å²) < 4.78 is 0. The zero-order valence-corrected chi connectivity index (χ0v) is 18.1. The lowest BCUT2D eigenvalue weighted by molar-refractivity contribution is -0.132. The largest absolute Gasteiger partial charge is 0.342 e. The van der Waals surface area contributed by atoms with Gasteiger partial charge in [0.15, 0.2) is 0 Å². The molecule has 2 fully saturated rings. The maximum atomic E-state index is 13.5. The van der Waals surface area contributed by atoms with Crippen LogP contribution in [0.15, 0.2) is 60.7 Å². The maximum absolute atomic E-state index is 13.5. The quantitative estimate of drug-likeness (QED) is 0.753. The molecule has 1 aliphatic carbocycles. The fourth-order valence-electron chi connectivity index (χ4n) is 4.85. The molecule has 0 aromatic heterocycles. The van der Waals surface area contributed by atoms with Gasteiger partial charge in [0, 0.05) is 25.2 Å². The van der Waals surface area contributed by atoms with Gasteiger partial charge in [-0.15, -0.1) is 0 Å². The van der Waals surface area contributed by atoms with E-state index in [0.717, 1.165) is 36.8 Å². The smallest absolute Gasteiger partial charge is 0.315 e. The molecule has 2 aliphatic rings. The Labute approximate surface area is 185 Å². The van der Waals surface area contributed by atoms with Gasteiger partial charge in [-0.25, -0.2) is 4.79 Å². The summed E-state index contributed by atoms with van der Waals surface area (Å²) in [4.78, 5) is 27.8. The second-order valence-electron chi connectivity index (χ2n) is 8.81. The molecule has 1 saturated carbocycles. The molecule has 0 radical (unpaired) electrons. The normalized spacial score (nSPS) is 18.0. The fraction of sp³-hybridized carbons (Fsp3) is 0.462. The van der Waals surface area contributed by atoms with Crippen molar-refractivity contribution in [2.45, 2.75) is 62.9 Å². The van der Waals surface area contributed by atoms with Crippen LogP contribution in [0.2, 0.25) is 0 Å². The highest BCUT2D eigenvalue weighted by Crippen LogP contribution is 2.28. The van der Waals surface area contributed by atoms with Crippen LogP contribution in [0.25, 0.3) is 0 Å². The lowest BCUT2D eigenvalue weighted by atomic mass is 9.89. The van der Waals surface area contributed by atoms with E-state index in [2.05, 4.69) is 10.6 Å². The first-order valence-electron chi connectivity index (χ1n) is 11.7. The van der Waals surface area contributed by atoms with Crippen molar-refractivity contribution in [3.8, 4) is 0 Å². The van der Waals surface area contributed by atoms with Gasteiger partial charge in [-0.3, -0.25) is 4.79 Å². The monoisotopic (exact) mass is 419 g/mol. The number of carbonyl (C=O) groups excluding carboxylic acids is 2. The second-order valence-corrected chi connectivity index (χ2v) is 8.81. The Morgan fingerprint density at radius 1 is 0.710 bits per heavy atom. The molecule has 0 bridgehead atoms. The predicted octanol–water partition coefficient (Wildman–Crippen LogP) is 4.44. The minimum Gasteiger partial charge on any atom is -0.342 e. The SMILES string of the molecule is O=C(NC1CCCCC1)NC1CCN(C(=O)C(c2ccccc2)c2ccccc2)CC1. The van der Waals surface area contributed by atoms with Crippen molar-refractivity contribution in [2.75, 3.05) is 13.1 Å². The number of carbonyl (C=O) groups is 2. The van der Waals surface area contributed by atoms with Gasteiger partial charge in [0.1, 0.15) is 0 Å². The lowest BCUT2D eigenvalue weighted by Gasteiger charge is -2.35. The average Bonchev–Trinajstić information content (AvgIpc) is 2.82. The van der Waals surface area contributed by atoms with Crippen molar-refractivity contribution in [2.24, 2.45) is 0 Å². The standard InChI is InChI=1S/C26H33N3O2/c30-25(24(20-10-4-1-5-11-20)21-12-6-2-7-13-21)29-18-16-23(17-19-29)28-26(31)27-22-14-8-3-9-15-22/h1-2,4-7,10-13,22-24H,3,8-9,14-19H2,(H2,27,28,31). The van der Waals surface area contributed by atoms with Gasteiger partial charge in [0.25, 0.3) is 0 Å². The highest BCUT2D eigenvalue weighted by Gasteiger charge is 2.31. The van der Waals surface area contributed by atoms with Gasteiger partial charge >= 0.3 is 6.03 Å². The molecule has 164 valence electrons. The molecule has 0 unspecified atom stereocenters. The van der Waals surface area contributed by atoms with E-state index in [0.29, 0.717) is 19.1 Å². The average molecular weight is 420 g/mol. The number of hydrogen-bond donors (Lipinski definition) is 2. The number of nitrogens with zero attached hydrogens (tertiary/aromatic N) is 1. The molecule has 31 heavy (non-hydrogen) atoms. The summed E-state index contributed by atoms with van der Waals surface area (Å²) in [6, 6.07) is 20.4. The summed E-state index contributed by atoms with van der Waals surface area (Å²) in [5, 5.41) is 6.26. The first-order valence-corrected chi connectivity index (χ1v) is 11.7. The number of amides is 3. The molecule has 5 heteroatoms.